The minimum absolute atomic E-state index is 0.487. The summed E-state index contributed by atoms with van der Waals surface area (Å²) >= 11 is 0. The van der Waals surface area contributed by atoms with Gasteiger partial charge in [0, 0.05) is 5.69 Å². The summed E-state index contributed by atoms with van der Waals surface area (Å²) in [5, 5.41) is 0. The number of benzene rings is 2. The van der Waals surface area contributed by atoms with Crippen LogP contribution in [-0.2, 0) is 10.0 Å². The first-order valence-electron chi connectivity index (χ1n) is 6.53. The molecule has 0 bridgehead atoms. The van der Waals surface area contributed by atoms with E-state index in [0.29, 0.717) is 11.6 Å². The number of hydrogen-bond acceptors (Lipinski definition) is 2. The second kappa shape index (κ2) is 5.67. The molecule has 2 aromatic rings. The Labute approximate surface area is 120 Å². The lowest BCUT2D eigenvalue weighted by atomic mass is 9.97. The topological polar surface area (TPSA) is 46.2 Å². The van der Waals surface area contributed by atoms with E-state index in [1.54, 1.807) is 12.1 Å². The van der Waals surface area contributed by atoms with Gasteiger partial charge in [0.15, 0.2) is 0 Å². The van der Waals surface area contributed by atoms with Crippen LogP contribution in [0.15, 0.2) is 48.5 Å². The summed E-state index contributed by atoms with van der Waals surface area (Å²) in [6.45, 7) is 4.33. The first-order chi connectivity index (χ1) is 9.35. The number of sulfonamides is 1. The summed E-state index contributed by atoms with van der Waals surface area (Å²) in [6, 6.07) is 15.8. The van der Waals surface area contributed by atoms with Gasteiger partial charge in [-0.25, -0.2) is 8.42 Å². The van der Waals surface area contributed by atoms with E-state index in [4.69, 9.17) is 0 Å². The monoisotopic (exact) mass is 289 g/mol. The molecule has 3 nitrogen and oxygen atoms in total. The molecule has 2 rings (SSSR count). The standard InChI is InChI=1S/C16H19NO2S/c1-12(2)14-5-4-6-15(11-14)13-7-9-16(10-8-13)17-20(3,18)19/h4-12,17H,1-3H3. The molecule has 0 amide bonds. The van der Waals surface area contributed by atoms with E-state index in [1.165, 1.54) is 5.56 Å². The Morgan fingerprint density at radius 2 is 1.60 bits per heavy atom. The van der Waals surface area contributed by atoms with Gasteiger partial charge >= 0.3 is 0 Å². The Morgan fingerprint density at radius 3 is 2.15 bits per heavy atom. The van der Waals surface area contributed by atoms with Crippen LogP contribution in [0.25, 0.3) is 11.1 Å². The first-order valence-corrected chi connectivity index (χ1v) is 8.42. The Bertz CT molecular complexity index is 689. The van der Waals surface area contributed by atoms with Crippen molar-refractivity contribution in [2.24, 2.45) is 0 Å². The highest BCUT2D eigenvalue weighted by atomic mass is 32.2. The molecule has 0 fully saturated rings. The predicted molar refractivity (Wildman–Crippen MR) is 84.4 cm³/mol. The first kappa shape index (κ1) is 14.6. The molecule has 0 aliphatic rings. The van der Waals surface area contributed by atoms with E-state index >= 15 is 0 Å². The SMILES string of the molecule is CC(C)c1cccc(-c2ccc(NS(C)(=O)=O)cc2)c1. The number of anilines is 1. The van der Waals surface area contributed by atoms with Gasteiger partial charge in [0.25, 0.3) is 0 Å². The van der Waals surface area contributed by atoms with Crippen molar-refractivity contribution in [3.63, 3.8) is 0 Å². The van der Waals surface area contributed by atoms with Gasteiger partial charge in [-0.1, -0.05) is 50.2 Å². The van der Waals surface area contributed by atoms with E-state index in [0.717, 1.165) is 17.4 Å². The molecule has 1 N–H and O–H groups in total. The Hall–Kier alpha value is -1.81. The van der Waals surface area contributed by atoms with Gasteiger partial charge in [0.2, 0.25) is 10.0 Å². The Morgan fingerprint density at radius 1 is 0.950 bits per heavy atom. The van der Waals surface area contributed by atoms with Gasteiger partial charge in [-0.3, -0.25) is 4.72 Å². The van der Waals surface area contributed by atoms with Crippen LogP contribution in [0.2, 0.25) is 0 Å². The molecule has 4 heteroatoms. The molecule has 2 aromatic carbocycles. The lowest BCUT2D eigenvalue weighted by molar-refractivity contribution is 0.607. The van der Waals surface area contributed by atoms with Crippen LogP contribution in [0.1, 0.15) is 25.3 Å². The molecule has 0 unspecified atom stereocenters. The van der Waals surface area contributed by atoms with Crippen LogP contribution in [-0.4, -0.2) is 14.7 Å². The summed E-state index contributed by atoms with van der Waals surface area (Å²) in [6.07, 6.45) is 1.15. The zero-order valence-corrected chi connectivity index (χ0v) is 12.7. The molecule has 0 aliphatic heterocycles. The summed E-state index contributed by atoms with van der Waals surface area (Å²) in [4.78, 5) is 0. The summed E-state index contributed by atoms with van der Waals surface area (Å²) in [7, 11) is -3.22. The Balaban J connectivity index is 2.28. The molecule has 0 aliphatic carbocycles. The summed E-state index contributed by atoms with van der Waals surface area (Å²) < 4.78 is 24.8. The lowest BCUT2D eigenvalue weighted by Crippen LogP contribution is -2.09. The van der Waals surface area contributed by atoms with Gasteiger partial charge in [-0.15, -0.1) is 0 Å². The molecule has 0 heterocycles. The minimum Gasteiger partial charge on any atom is -0.284 e. The van der Waals surface area contributed by atoms with Crippen molar-refractivity contribution >= 4 is 15.7 Å². The van der Waals surface area contributed by atoms with Gasteiger partial charge in [0.1, 0.15) is 0 Å². The third-order valence-electron chi connectivity index (χ3n) is 3.07. The number of hydrogen-bond donors (Lipinski definition) is 1. The fourth-order valence-corrected chi connectivity index (χ4v) is 2.59. The zero-order valence-electron chi connectivity index (χ0n) is 11.9. The maximum atomic E-state index is 11.2. The van der Waals surface area contributed by atoms with Crippen LogP contribution in [0, 0.1) is 0 Å². The summed E-state index contributed by atoms with van der Waals surface area (Å²) in [5.74, 6) is 0.487. The van der Waals surface area contributed by atoms with Crippen LogP contribution in [0.3, 0.4) is 0 Å². The van der Waals surface area contributed by atoms with Crippen molar-refractivity contribution in [3.8, 4) is 11.1 Å². The highest BCUT2D eigenvalue weighted by Crippen LogP contribution is 2.25. The third-order valence-corrected chi connectivity index (χ3v) is 3.68. The molecule has 0 atom stereocenters. The third kappa shape index (κ3) is 3.84. The molecule has 0 spiro atoms. The van der Waals surface area contributed by atoms with E-state index in [2.05, 4.69) is 36.8 Å². The normalized spacial score (nSPS) is 11.6. The van der Waals surface area contributed by atoms with Crippen molar-refractivity contribution in [1.82, 2.24) is 0 Å². The molecule has 20 heavy (non-hydrogen) atoms. The molecule has 0 radical (unpaired) electrons. The van der Waals surface area contributed by atoms with Gasteiger partial charge in [-0.2, -0.15) is 0 Å². The minimum atomic E-state index is -3.22. The van der Waals surface area contributed by atoms with E-state index < -0.39 is 10.0 Å². The van der Waals surface area contributed by atoms with Crippen molar-refractivity contribution in [2.45, 2.75) is 19.8 Å². The molecular formula is C16H19NO2S. The zero-order chi connectivity index (χ0) is 14.8. The fourth-order valence-electron chi connectivity index (χ4n) is 2.02. The molecule has 0 saturated heterocycles. The number of rotatable bonds is 4. The van der Waals surface area contributed by atoms with Gasteiger partial charge in [-0.05, 0) is 34.7 Å². The highest BCUT2D eigenvalue weighted by Gasteiger charge is 2.04. The van der Waals surface area contributed by atoms with Crippen LogP contribution in [0.4, 0.5) is 5.69 Å². The largest absolute Gasteiger partial charge is 0.284 e. The van der Waals surface area contributed by atoms with Gasteiger partial charge in [0.05, 0.1) is 6.26 Å². The second-order valence-corrected chi connectivity index (χ2v) is 6.98. The number of nitrogens with one attached hydrogen (secondary N) is 1. The quantitative estimate of drug-likeness (QED) is 0.929. The van der Waals surface area contributed by atoms with E-state index in [-0.39, 0.29) is 0 Å². The maximum Gasteiger partial charge on any atom is 0.229 e. The van der Waals surface area contributed by atoms with E-state index in [1.807, 2.05) is 18.2 Å². The van der Waals surface area contributed by atoms with Crippen LogP contribution in [0.5, 0.6) is 0 Å². The average Bonchev–Trinajstić information content (AvgIpc) is 2.38. The fraction of sp³-hybridized carbons (Fsp3) is 0.250. The van der Waals surface area contributed by atoms with Crippen LogP contribution < -0.4 is 4.72 Å². The van der Waals surface area contributed by atoms with Crippen molar-refractivity contribution in [2.75, 3.05) is 11.0 Å². The lowest BCUT2D eigenvalue weighted by Gasteiger charge is -2.09. The highest BCUT2D eigenvalue weighted by molar-refractivity contribution is 7.92. The molecule has 0 aromatic heterocycles. The van der Waals surface area contributed by atoms with Crippen molar-refractivity contribution < 1.29 is 8.42 Å². The maximum absolute atomic E-state index is 11.2. The average molecular weight is 289 g/mol. The molecule has 106 valence electrons. The molecule has 0 saturated carbocycles. The Kier molecular flexibility index (Phi) is 4.14. The predicted octanol–water partition coefficient (Wildman–Crippen LogP) is 3.85. The smallest absolute Gasteiger partial charge is 0.229 e. The summed E-state index contributed by atoms with van der Waals surface area (Å²) in [5.41, 5.74) is 4.09. The van der Waals surface area contributed by atoms with Gasteiger partial charge < -0.3 is 0 Å². The molecular weight excluding hydrogens is 270 g/mol. The van der Waals surface area contributed by atoms with E-state index in [9.17, 15) is 8.42 Å². The van der Waals surface area contributed by atoms with Crippen LogP contribution >= 0.6 is 0 Å². The van der Waals surface area contributed by atoms with Crippen molar-refractivity contribution in [1.29, 1.82) is 0 Å². The van der Waals surface area contributed by atoms with Crippen molar-refractivity contribution in [3.05, 3.63) is 54.1 Å². The second-order valence-electron chi connectivity index (χ2n) is 5.23.